The summed E-state index contributed by atoms with van der Waals surface area (Å²) in [5.74, 6) is -0.389. The topological polar surface area (TPSA) is 49.3 Å². The summed E-state index contributed by atoms with van der Waals surface area (Å²) in [5.41, 5.74) is 0. The van der Waals surface area contributed by atoms with E-state index in [1.54, 1.807) is 6.92 Å². The van der Waals surface area contributed by atoms with E-state index in [4.69, 9.17) is 28.3 Å². The van der Waals surface area contributed by atoms with Crippen LogP contribution in [0.1, 0.15) is 6.92 Å². The van der Waals surface area contributed by atoms with Crippen molar-refractivity contribution in [2.75, 3.05) is 13.2 Å². The van der Waals surface area contributed by atoms with Crippen LogP contribution in [0.5, 0.6) is 0 Å². The highest BCUT2D eigenvalue weighted by atomic mass is 35.5. The van der Waals surface area contributed by atoms with Crippen LogP contribution in [-0.4, -0.2) is 29.0 Å². The minimum atomic E-state index is -1.03. The van der Waals surface area contributed by atoms with Crippen molar-refractivity contribution in [3.8, 4) is 0 Å². The number of hydrogen-bond acceptors (Lipinski definition) is 2. The molecule has 3 nitrogen and oxygen atoms in total. The first-order valence-electron chi connectivity index (χ1n) is 3.24. The second-order valence-electron chi connectivity index (χ2n) is 2.33. The molecule has 0 aromatic carbocycles. The van der Waals surface area contributed by atoms with Crippen LogP contribution in [0.25, 0.3) is 0 Å². The second kappa shape index (κ2) is 5.63. The van der Waals surface area contributed by atoms with Crippen molar-refractivity contribution in [3.63, 3.8) is 0 Å². The van der Waals surface area contributed by atoms with Gasteiger partial charge in [-0.15, -0.1) is 0 Å². The van der Waals surface area contributed by atoms with Gasteiger partial charge in [0.15, 0.2) is 4.84 Å². The van der Waals surface area contributed by atoms with E-state index in [2.05, 4.69) is 5.32 Å². The molecule has 0 radical (unpaired) electrons. The van der Waals surface area contributed by atoms with Crippen LogP contribution in [0.15, 0.2) is 0 Å². The molecule has 0 aliphatic rings. The Morgan fingerprint density at radius 3 is 2.55 bits per heavy atom. The zero-order chi connectivity index (χ0) is 8.85. The Bertz CT molecular complexity index is 130. The molecule has 5 heteroatoms. The maximum absolute atomic E-state index is 10.7. The molecule has 66 valence electrons. The molecule has 2 N–H and O–H groups in total. The molecule has 0 heterocycles. The Balaban J connectivity index is 3.46. The van der Waals surface area contributed by atoms with Gasteiger partial charge in [-0.3, -0.25) is 4.79 Å². The van der Waals surface area contributed by atoms with E-state index in [1.165, 1.54) is 0 Å². The van der Waals surface area contributed by atoms with Gasteiger partial charge in [-0.05, 0) is 5.92 Å². The summed E-state index contributed by atoms with van der Waals surface area (Å²) in [6.07, 6.45) is 0. The molecule has 0 bridgehead atoms. The van der Waals surface area contributed by atoms with E-state index >= 15 is 0 Å². The van der Waals surface area contributed by atoms with Gasteiger partial charge in [0.1, 0.15) is 0 Å². The summed E-state index contributed by atoms with van der Waals surface area (Å²) in [4.78, 5) is 9.68. The van der Waals surface area contributed by atoms with Gasteiger partial charge in [0.2, 0.25) is 0 Å². The molecule has 0 spiro atoms. The molecule has 0 saturated heterocycles. The molecule has 0 aromatic heterocycles. The van der Waals surface area contributed by atoms with Gasteiger partial charge in [0.25, 0.3) is 5.91 Å². The second-order valence-corrected chi connectivity index (χ2v) is 3.43. The maximum Gasteiger partial charge on any atom is 0.253 e. The van der Waals surface area contributed by atoms with E-state index in [1.807, 2.05) is 0 Å². The lowest BCUT2D eigenvalue weighted by atomic mass is 10.2. The SMILES string of the molecule is CC(CO)CNC(=O)C(Cl)Cl. The van der Waals surface area contributed by atoms with Crippen LogP contribution < -0.4 is 5.32 Å². The maximum atomic E-state index is 10.7. The Kier molecular flexibility index (Phi) is 5.64. The van der Waals surface area contributed by atoms with E-state index < -0.39 is 10.7 Å². The van der Waals surface area contributed by atoms with Crippen LogP contribution in [0, 0.1) is 5.92 Å². The minimum absolute atomic E-state index is 0.0334. The summed E-state index contributed by atoms with van der Waals surface area (Å²) < 4.78 is 0. The minimum Gasteiger partial charge on any atom is -0.396 e. The normalized spacial score (nSPS) is 13.2. The first-order chi connectivity index (χ1) is 5.07. The number of aliphatic hydroxyl groups excluding tert-OH is 1. The first-order valence-corrected chi connectivity index (χ1v) is 4.12. The predicted molar refractivity (Wildman–Crippen MR) is 44.8 cm³/mol. The molecule has 0 fully saturated rings. The van der Waals surface area contributed by atoms with E-state index in [0.717, 1.165) is 0 Å². The van der Waals surface area contributed by atoms with Gasteiger partial charge in [-0.1, -0.05) is 30.1 Å². The van der Waals surface area contributed by atoms with Gasteiger partial charge in [0, 0.05) is 13.2 Å². The molecule has 1 atom stereocenters. The van der Waals surface area contributed by atoms with Crippen molar-refractivity contribution in [1.82, 2.24) is 5.32 Å². The van der Waals surface area contributed by atoms with Gasteiger partial charge in [-0.2, -0.15) is 0 Å². The predicted octanol–water partition coefficient (Wildman–Crippen LogP) is 0.535. The molecule has 0 aliphatic heterocycles. The van der Waals surface area contributed by atoms with Gasteiger partial charge >= 0.3 is 0 Å². The number of aliphatic hydroxyl groups is 1. The summed E-state index contributed by atoms with van der Waals surface area (Å²) in [5, 5.41) is 11.0. The van der Waals surface area contributed by atoms with Gasteiger partial charge in [0.05, 0.1) is 0 Å². The van der Waals surface area contributed by atoms with Gasteiger partial charge in [-0.25, -0.2) is 0 Å². The number of carbonyl (C=O) groups excluding carboxylic acids is 1. The molecule has 0 aliphatic carbocycles. The Labute approximate surface area is 75.7 Å². The van der Waals surface area contributed by atoms with E-state index in [-0.39, 0.29) is 12.5 Å². The van der Waals surface area contributed by atoms with Crippen molar-refractivity contribution in [2.24, 2.45) is 5.92 Å². The molecular weight excluding hydrogens is 189 g/mol. The Morgan fingerprint density at radius 2 is 2.18 bits per heavy atom. The van der Waals surface area contributed by atoms with Crippen molar-refractivity contribution in [3.05, 3.63) is 0 Å². The van der Waals surface area contributed by atoms with Crippen molar-refractivity contribution >= 4 is 29.1 Å². The third-order valence-corrected chi connectivity index (χ3v) is 1.53. The summed E-state index contributed by atoms with van der Waals surface area (Å²) in [6.45, 7) is 2.23. The van der Waals surface area contributed by atoms with Gasteiger partial charge < -0.3 is 10.4 Å². The van der Waals surface area contributed by atoms with E-state index in [9.17, 15) is 4.79 Å². The molecular formula is C6H11Cl2NO2. The third kappa shape index (κ3) is 5.30. The number of carbonyl (C=O) groups is 1. The highest BCUT2D eigenvalue weighted by molar-refractivity contribution is 6.53. The molecule has 1 unspecified atom stereocenters. The average molecular weight is 200 g/mol. The Morgan fingerprint density at radius 1 is 1.64 bits per heavy atom. The quantitative estimate of drug-likeness (QED) is 0.650. The average Bonchev–Trinajstić information content (AvgIpc) is 1.99. The summed E-state index contributed by atoms with van der Waals surface area (Å²) in [7, 11) is 0. The van der Waals surface area contributed by atoms with Crippen molar-refractivity contribution in [2.45, 2.75) is 11.8 Å². The monoisotopic (exact) mass is 199 g/mol. The van der Waals surface area contributed by atoms with Crippen LogP contribution >= 0.6 is 23.2 Å². The number of amides is 1. The standard InChI is InChI=1S/C6H11Cl2NO2/c1-4(3-10)2-9-6(11)5(7)8/h4-5,10H,2-3H2,1H3,(H,9,11). The highest BCUT2D eigenvalue weighted by Crippen LogP contribution is 2.00. The lowest BCUT2D eigenvalue weighted by Crippen LogP contribution is -2.33. The first kappa shape index (κ1) is 11.0. The molecule has 0 aromatic rings. The van der Waals surface area contributed by atoms with Crippen LogP contribution in [0.3, 0.4) is 0 Å². The van der Waals surface area contributed by atoms with Crippen molar-refractivity contribution in [1.29, 1.82) is 0 Å². The fourth-order valence-corrected chi connectivity index (χ4v) is 0.571. The fourth-order valence-electron chi connectivity index (χ4n) is 0.417. The van der Waals surface area contributed by atoms with Crippen LogP contribution in [0.2, 0.25) is 0 Å². The number of hydrogen-bond donors (Lipinski definition) is 2. The zero-order valence-electron chi connectivity index (χ0n) is 6.18. The third-order valence-electron chi connectivity index (χ3n) is 1.13. The number of rotatable bonds is 4. The van der Waals surface area contributed by atoms with Crippen LogP contribution in [-0.2, 0) is 4.79 Å². The smallest absolute Gasteiger partial charge is 0.253 e. The van der Waals surface area contributed by atoms with Crippen molar-refractivity contribution < 1.29 is 9.90 Å². The fraction of sp³-hybridized carbons (Fsp3) is 0.833. The number of halogens is 2. The molecule has 0 saturated carbocycles. The number of alkyl halides is 2. The number of nitrogens with one attached hydrogen (secondary N) is 1. The summed E-state index contributed by atoms with van der Waals surface area (Å²) >= 11 is 10.5. The zero-order valence-corrected chi connectivity index (χ0v) is 7.69. The summed E-state index contributed by atoms with van der Waals surface area (Å²) in [6, 6.07) is 0. The lowest BCUT2D eigenvalue weighted by molar-refractivity contribution is -0.119. The van der Waals surface area contributed by atoms with E-state index in [0.29, 0.717) is 6.54 Å². The lowest BCUT2D eigenvalue weighted by Gasteiger charge is -2.09. The molecule has 0 rings (SSSR count). The molecule has 11 heavy (non-hydrogen) atoms. The van der Waals surface area contributed by atoms with Crippen LogP contribution in [0.4, 0.5) is 0 Å². The molecule has 1 amide bonds. The Hall–Kier alpha value is 0.01000. The highest BCUT2D eigenvalue weighted by Gasteiger charge is 2.11. The largest absolute Gasteiger partial charge is 0.396 e.